The van der Waals surface area contributed by atoms with Gasteiger partial charge in [-0.2, -0.15) is 0 Å². The van der Waals surface area contributed by atoms with Gasteiger partial charge in [-0.05, 0) is 30.4 Å². The summed E-state index contributed by atoms with van der Waals surface area (Å²) in [4.78, 5) is 11.8. The second kappa shape index (κ2) is 4.23. The van der Waals surface area contributed by atoms with Crippen molar-refractivity contribution in [2.24, 2.45) is 0 Å². The Morgan fingerprint density at radius 1 is 1.62 bits per heavy atom. The molecule has 2 nitrogen and oxygen atoms in total. The largest absolute Gasteiger partial charge is 0.478 e. The number of hydrogen-bond acceptors (Lipinski definition) is 2. The third-order valence-corrected chi connectivity index (χ3v) is 2.88. The summed E-state index contributed by atoms with van der Waals surface area (Å²) in [5, 5.41) is 10.8. The fourth-order valence-electron chi connectivity index (χ4n) is 1.20. The molecule has 0 fully saturated rings. The Balaban J connectivity index is 3.11. The maximum Gasteiger partial charge on any atom is 0.331 e. The molecule has 0 aliphatic rings. The fraction of sp³-hybridized carbons (Fsp3) is 0.300. The third kappa shape index (κ3) is 2.18. The molecule has 0 aliphatic carbocycles. The molecule has 0 aromatic carbocycles. The van der Waals surface area contributed by atoms with Crippen LogP contribution in [0.2, 0.25) is 0 Å². The number of carboxylic acid groups (broad SMARTS) is 1. The molecule has 0 aliphatic heterocycles. The lowest BCUT2D eigenvalue weighted by atomic mass is 10.1. The van der Waals surface area contributed by atoms with Crippen LogP contribution >= 0.6 is 11.3 Å². The Morgan fingerprint density at radius 3 is 2.69 bits per heavy atom. The zero-order valence-corrected chi connectivity index (χ0v) is 8.52. The molecule has 70 valence electrons. The molecule has 1 aromatic rings. The number of aliphatic carboxylic acids is 1. The molecule has 0 amide bonds. The lowest BCUT2D eigenvalue weighted by molar-refractivity contribution is -0.132. The molecule has 3 heteroatoms. The Bertz CT molecular complexity index is 323. The van der Waals surface area contributed by atoms with Crippen LogP contribution in [0.4, 0.5) is 0 Å². The van der Waals surface area contributed by atoms with E-state index in [4.69, 9.17) is 5.11 Å². The van der Waals surface area contributed by atoms with Gasteiger partial charge in [0.25, 0.3) is 0 Å². The van der Waals surface area contributed by atoms with Crippen LogP contribution in [0.1, 0.15) is 25.1 Å². The van der Waals surface area contributed by atoms with E-state index in [9.17, 15) is 4.79 Å². The summed E-state index contributed by atoms with van der Waals surface area (Å²) in [6.07, 6.45) is 0.763. The highest BCUT2D eigenvalue weighted by molar-refractivity contribution is 7.11. The summed E-state index contributed by atoms with van der Waals surface area (Å²) in [7, 11) is 0. The van der Waals surface area contributed by atoms with E-state index in [0.717, 1.165) is 16.9 Å². The van der Waals surface area contributed by atoms with Crippen molar-refractivity contribution in [3.8, 4) is 0 Å². The van der Waals surface area contributed by atoms with E-state index in [1.165, 1.54) is 0 Å². The minimum absolute atomic E-state index is 0.449. The second-order valence-corrected chi connectivity index (χ2v) is 3.69. The Hall–Kier alpha value is -1.09. The van der Waals surface area contributed by atoms with Gasteiger partial charge in [0.05, 0.1) is 0 Å². The molecule has 1 N–H and O–H groups in total. The van der Waals surface area contributed by atoms with Gasteiger partial charge in [-0.15, -0.1) is 11.3 Å². The van der Waals surface area contributed by atoms with E-state index in [1.807, 2.05) is 24.4 Å². The van der Waals surface area contributed by atoms with Crippen LogP contribution in [0.15, 0.2) is 23.1 Å². The lowest BCUT2D eigenvalue weighted by Crippen LogP contribution is -1.99. The molecule has 1 aromatic heterocycles. The van der Waals surface area contributed by atoms with Crippen molar-refractivity contribution in [1.82, 2.24) is 0 Å². The Kier molecular flexibility index (Phi) is 3.25. The molecule has 0 unspecified atom stereocenters. The normalized spacial score (nSPS) is 12.5. The van der Waals surface area contributed by atoms with Gasteiger partial charge in [-0.25, -0.2) is 4.79 Å². The quantitative estimate of drug-likeness (QED) is 0.754. The van der Waals surface area contributed by atoms with Crippen LogP contribution in [0.3, 0.4) is 0 Å². The predicted octanol–water partition coefficient (Wildman–Crippen LogP) is 3.02. The van der Waals surface area contributed by atoms with Crippen LogP contribution < -0.4 is 0 Å². The van der Waals surface area contributed by atoms with Gasteiger partial charge in [-0.3, -0.25) is 0 Å². The smallest absolute Gasteiger partial charge is 0.331 e. The monoisotopic (exact) mass is 196 g/mol. The summed E-state index contributed by atoms with van der Waals surface area (Å²) < 4.78 is 0. The number of thiophene rings is 1. The van der Waals surface area contributed by atoms with Crippen LogP contribution in [-0.4, -0.2) is 11.1 Å². The molecule has 0 atom stereocenters. The molecular formula is C10H12O2S. The molecular weight excluding hydrogens is 184 g/mol. The number of hydrogen-bond donors (Lipinski definition) is 1. The Morgan fingerprint density at radius 2 is 2.31 bits per heavy atom. The third-order valence-electron chi connectivity index (χ3n) is 1.95. The lowest BCUT2D eigenvalue weighted by Gasteiger charge is -2.03. The average molecular weight is 196 g/mol. The molecule has 0 saturated carbocycles. The molecule has 0 spiro atoms. The van der Waals surface area contributed by atoms with Crippen LogP contribution in [0.5, 0.6) is 0 Å². The summed E-state index contributed by atoms with van der Waals surface area (Å²) in [6.45, 7) is 3.63. The van der Waals surface area contributed by atoms with E-state index in [0.29, 0.717) is 5.57 Å². The number of carbonyl (C=O) groups is 1. The topological polar surface area (TPSA) is 37.3 Å². The summed E-state index contributed by atoms with van der Waals surface area (Å²) in [6, 6.07) is 3.89. The zero-order valence-electron chi connectivity index (χ0n) is 7.70. The highest BCUT2D eigenvalue weighted by Crippen LogP contribution is 2.26. The van der Waals surface area contributed by atoms with Gasteiger partial charge in [0, 0.05) is 10.5 Å². The first-order chi connectivity index (χ1) is 6.16. The molecule has 13 heavy (non-hydrogen) atoms. The van der Waals surface area contributed by atoms with Gasteiger partial charge in [0.1, 0.15) is 0 Å². The first-order valence-corrected chi connectivity index (χ1v) is 5.01. The number of allylic oxidation sites excluding steroid dienone is 1. The maximum atomic E-state index is 10.7. The van der Waals surface area contributed by atoms with Crippen LogP contribution in [-0.2, 0) is 4.79 Å². The minimum Gasteiger partial charge on any atom is -0.478 e. The van der Waals surface area contributed by atoms with E-state index in [2.05, 4.69) is 0 Å². The van der Waals surface area contributed by atoms with Gasteiger partial charge in [0.2, 0.25) is 0 Å². The van der Waals surface area contributed by atoms with Crippen molar-refractivity contribution in [3.63, 3.8) is 0 Å². The van der Waals surface area contributed by atoms with Gasteiger partial charge in [0.15, 0.2) is 0 Å². The van der Waals surface area contributed by atoms with Crippen molar-refractivity contribution in [2.45, 2.75) is 20.3 Å². The van der Waals surface area contributed by atoms with Crippen molar-refractivity contribution >= 4 is 22.9 Å². The van der Waals surface area contributed by atoms with Crippen molar-refractivity contribution in [3.05, 3.63) is 28.0 Å². The Labute approximate surface area is 81.5 Å². The van der Waals surface area contributed by atoms with Crippen LogP contribution in [0.25, 0.3) is 5.57 Å². The van der Waals surface area contributed by atoms with E-state index in [1.54, 1.807) is 18.3 Å². The van der Waals surface area contributed by atoms with E-state index in [-0.39, 0.29) is 0 Å². The van der Waals surface area contributed by atoms with Gasteiger partial charge >= 0.3 is 5.97 Å². The molecule has 0 saturated heterocycles. The highest BCUT2D eigenvalue weighted by Gasteiger charge is 2.09. The SMILES string of the molecule is CCC(=C(C)C(=O)O)c1cccs1. The zero-order chi connectivity index (χ0) is 9.84. The summed E-state index contributed by atoms with van der Waals surface area (Å²) in [5.41, 5.74) is 1.38. The molecule has 1 heterocycles. The first-order valence-electron chi connectivity index (χ1n) is 4.13. The standard InChI is InChI=1S/C10H12O2S/c1-3-8(7(2)10(11)12)9-5-4-6-13-9/h4-6H,3H2,1-2H3,(H,11,12). The van der Waals surface area contributed by atoms with Crippen molar-refractivity contribution in [2.75, 3.05) is 0 Å². The maximum absolute atomic E-state index is 10.7. The summed E-state index contributed by atoms with van der Waals surface area (Å²) >= 11 is 1.58. The molecule has 1 rings (SSSR count). The second-order valence-electron chi connectivity index (χ2n) is 2.74. The highest BCUT2D eigenvalue weighted by atomic mass is 32.1. The molecule has 0 bridgehead atoms. The fourth-order valence-corrected chi connectivity index (χ4v) is 2.10. The van der Waals surface area contributed by atoms with E-state index >= 15 is 0 Å². The van der Waals surface area contributed by atoms with Gasteiger partial charge < -0.3 is 5.11 Å². The number of rotatable bonds is 3. The van der Waals surface area contributed by atoms with Gasteiger partial charge in [-0.1, -0.05) is 13.0 Å². The van der Waals surface area contributed by atoms with E-state index < -0.39 is 5.97 Å². The minimum atomic E-state index is -0.828. The van der Waals surface area contributed by atoms with Crippen molar-refractivity contribution < 1.29 is 9.90 Å². The van der Waals surface area contributed by atoms with Crippen LogP contribution in [0, 0.1) is 0 Å². The predicted molar refractivity (Wildman–Crippen MR) is 54.8 cm³/mol. The average Bonchev–Trinajstić information content (AvgIpc) is 2.58. The van der Waals surface area contributed by atoms with Crippen molar-refractivity contribution in [1.29, 1.82) is 0 Å². The number of carboxylic acids is 1. The first kappa shape index (κ1) is 9.99. The molecule has 0 radical (unpaired) electrons. The summed E-state index contributed by atoms with van der Waals surface area (Å²) in [5.74, 6) is -0.828.